The van der Waals surface area contributed by atoms with E-state index in [0.29, 0.717) is 0 Å². The molecule has 0 spiro atoms. The molecule has 5 heteroatoms. The lowest BCUT2D eigenvalue weighted by atomic mass is 10.1. The number of benzene rings is 1. The number of hydrogen-bond donors (Lipinski definition) is 0. The minimum absolute atomic E-state index is 0. The average Bonchev–Trinajstić information content (AvgIpc) is 2.70. The molecule has 1 unspecified atom stereocenters. The zero-order valence-corrected chi connectivity index (χ0v) is 14.5. The van der Waals surface area contributed by atoms with Crippen molar-refractivity contribution >= 4 is 28.3 Å². The highest BCUT2D eigenvalue weighted by atomic mass is 79.9. The first-order valence-corrected chi connectivity index (χ1v) is 7.61. The maximum atomic E-state index is 6.22. The predicted molar refractivity (Wildman–Crippen MR) is 89.2 cm³/mol. The molecule has 3 rings (SSSR count). The Morgan fingerprint density at radius 1 is 1.33 bits per heavy atom. The van der Waals surface area contributed by atoms with Gasteiger partial charge < -0.3 is 9.15 Å². The number of nitrogens with zero attached hydrogens (tertiary/aromatic N) is 1. The Morgan fingerprint density at radius 3 is 2.86 bits per heavy atom. The van der Waals surface area contributed by atoms with E-state index >= 15 is 0 Å². The van der Waals surface area contributed by atoms with Crippen LogP contribution in [-0.2, 0) is 6.54 Å². The number of halogens is 2. The zero-order chi connectivity index (χ0) is 14.1. The molecule has 0 fully saturated rings. The van der Waals surface area contributed by atoms with Gasteiger partial charge in [0, 0.05) is 18.5 Å². The van der Waals surface area contributed by atoms with Gasteiger partial charge in [0.1, 0.15) is 23.4 Å². The second kappa shape index (κ2) is 6.86. The van der Waals surface area contributed by atoms with Gasteiger partial charge in [-0.15, -0.1) is 12.4 Å². The Kier molecular flexibility index (Phi) is 5.36. The van der Waals surface area contributed by atoms with Crippen LogP contribution in [0.15, 0.2) is 39.2 Å². The molecule has 0 bridgehead atoms. The summed E-state index contributed by atoms with van der Waals surface area (Å²) in [5, 5.41) is 0. The van der Waals surface area contributed by atoms with Crippen LogP contribution in [0.1, 0.15) is 29.6 Å². The fraction of sp³-hybridized carbons (Fsp3) is 0.375. The number of ether oxygens (including phenoxy) is 1. The van der Waals surface area contributed by atoms with Gasteiger partial charge in [-0.3, -0.25) is 4.90 Å². The van der Waals surface area contributed by atoms with Gasteiger partial charge in [-0.05, 0) is 48.1 Å². The van der Waals surface area contributed by atoms with E-state index in [1.54, 1.807) is 0 Å². The van der Waals surface area contributed by atoms with E-state index in [1.807, 2.05) is 31.2 Å². The third kappa shape index (κ3) is 3.62. The van der Waals surface area contributed by atoms with Gasteiger partial charge in [-0.1, -0.05) is 12.1 Å². The van der Waals surface area contributed by atoms with Gasteiger partial charge in [0.05, 0.1) is 11.0 Å². The van der Waals surface area contributed by atoms with Gasteiger partial charge in [0.2, 0.25) is 0 Å². The molecule has 2 heterocycles. The number of para-hydroxylation sites is 1. The monoisotopic (exact) mass is 371 g/mol. The molecule has 0 amide bonds. The van der Waals surface area contributed by atoms with Gasteiger partial charge in [0.25, 0.3) is 0 Å². The first-order chi connectivity index (χ1) is 9.63. The standard InChI is InChI=1S/C16H18BrNO2.ClH/c1-11-9-12-14(7-8-18(2)10-16(12)19-11)20-15-6-4-3-5-13(15)17;/h3-6,9,14H,7-8,10H2,1-2H3;1H. The highest BCUT2D eigenvalue weighted by Crippen LogP contribution is 2.35. The largest absolute Gasteiger partial charge is 0.484 e. The predicted octanol–water partition coefficient (Wildman–Crippen LogP) is 4.73. The summed E-state index contributed by atoms with van der Waals surface area (Å²) in [6, 6.07) is 10.1. The van der Waals surface area contributed by atoms with Crippen molar-refractivity contribution in [3.8, 4) is 5.75 Å². The lowest BCUT2D eigenvalue weighted by Gasteiger charge is -2.18. The molecular formula is C16H19BrClNO2. The molecule has 1 aliphatic heterocycles. The molecule has 1 aromatic heterocycles. The lowest BCUT2D eigenvalue weighted by molar-refractivity contribution is 0.181. The van der Waals surface area contributed by atoms with Crippen molar-refractivity contribution in [3.63, 3.8) is 0 Å². The van der Waals surface area contributed by atoms with E-state index in [-0.39, 0.29) is 18.5 Å². The van der Waals surface area contributed by atoms with Gasteiger partial charge >= 0.3 is 0 Å². The van der Waals surface area contributed by atoms with Gasteiger partial charge in [-0.2, -0.15) is 0 Å². The Hall–Kier alpha value is -0.970. The topological polar surface area (TPSA) is 25.6 Å². The van der Waals surface area contributed by atoms with E-state index < -0.39 is 0 Å². The van der Waals surface area contributed by atoms with E-state index in [1.165, 1.54) is 5.56 Å². The molecule has 1 atom stereocenters. The molecule has 1 aromatic carbocycles. The maximum absolute atomic E-state index is 6.22. The van der Waals surface area contributed by atoms with E-state index in [4.69, 9.17) is 9.15 Å². The van der Waals surface area contributed by atoms with Crippen LogP contribution in [0.2, 0.25) is 0 Å². The summed E-state index contributed by atoms with van der Waals surface area (Å²) in [6.07, 6.45) is 1.01. The zero-order valence-electron chi connectivity index (χ0n) is 12.1. The average molecular weight is 373 g/mol. The molecule has 0 N–H and O–H groups in total. The summed E-state index contributed by atoms with van der Waals surface area (Å²) in [4.78, 5) is 2.27. The first-order valence-electron chi connectivity index (χ1n) is 6.82. The minimum Gasteiger partial charge on any atom is -0.484 e. The Bertz CT molecular complexity index is 614. The molecule has 0 aliphatic carbocycles. The molecule has 2 aromatic rings. The number of hydrogen-bond acceptors (Lipinski definition) is 3. The molecule has 114 valence electrons. The number of furan rings is 1. The molecule has 1 aliphatic rings. The van der Waals surface area contributed by atoms with Crippen LogP contribution in [0.25, 0.3) is 0 Å². The van der Waals surface area contributed by atoms with Crippen molar-refractivity contribution in [2.45, 2.75) is 26.0 Å². The molecule has 21 heavy (non-hydrogen) atoms. The van der Waals surface area contributed by atoms with Crippen molar-refractivity contribution in [2.75, 3.05) is 13.6 Å². The Labute approximate surface area is 139 Å². The summed E-state index contributed by atoms with van der Waals surface area (Å²) in [5.74, 6) is 2.86. The summed E-state index contributed by atoms with van der Waals surface area (Å²) in [7, 11) is 2.11. The summed E-state index contributed by atoms with van der Waals surface area (Å²) in [6.45, 7) is 3.83. The normalized spacial score (nSPS) is 18.5. The Morgan fingerprint density at radius 2 is 2.10 bits per heavy atom. The third-order valence-electron chi connectivity index (χ3n) is 3.60. The van der Waals surface area contributed by atoms with Crippen LogP contribution in [0.5, 0.6) is 5.75 Å². The summed E-state index contributed by atoms with van der Waals surface area (Å²) < 4.78 is 13.0. The van der Waals surface area contributed by atoms with Crippen molar-refractivity contribution in [1.29, 1.82) is 0 Å². The number of fused-ring (bicyclic) bond motifs is 1. The van der Waals surface area contributed by atoms with Crippen LogP contribution in [0.4, 0.5) is 0 Å². The van der Waals surface area contributed by atoms with Crippen molar-refractivity contribution in [2.24, 2.45) is 0 Å². The fourth-order valence-corrected chi connectivity index (χ4v) is 2.99. The van der Waals surface area contributed by atoms with Crippen molar-refractivity contribution in [3.05, 3.63) is 51.9 Å². The molecule has 0 saturated carbocycles. The van der Waals surface area contributed by atoms with Crippen molar-refractivity contribution in [1.82, 2.24) is 4.90 Å². The quantitative estimate of drug-likeness (QED) is 0.762. The van der Waals surface area contributed by atoms with E-state index in [0.717, 1.165) is 41.3 Å². The maximum Gasteiger partial charge on any atom is 0.134 e. The SMILES string of the molecule is Cc1cc2c(o1)CN(C)CCC2Oc1ccccc1Br.Cl. The number of rotatable bonds is 2. The van der Waals surface area contributed by atoms with Gasteiger partial charge in [-0.25, -0.2) is 0 Å². The first kappa shape index (κ1) is 16.4. The third-order valence-corrected chi connectivity index (χ3v) is 4.26. The second-order valence-corrected chi connectivity index (χ2v) is 6.15. The lowest BCUT2D eigenvalue weighted by Crippen LogP contribution is -2.18. The fourth-order valence-electron chi connectivity index (χ4n) is 2.61. The van der Waals surface area contributed by atoms with Crippen LogP contribution in [0.3, 0.4) is 0 Å². The highest BCUT2D eigenvalue weighted by Gasteiger charge is 2.26. The van der Waals surface area contributed by atoms with E-state index in [2.05, 4.69) is 33.9 Å². The van der Waals surface area contributed by atoms with Crippen LogP contribution < -0.4 is 4.74 Å². The second-order valence-electron chi connectivity index (χ2n) is 5.30. The highest BCUT2D eigenvalue weighted by molar-refractivity contribution is 9.10. The summed E-state index contributed by atoms with van der Waals surface area (Å²) >= 11 is 3.54. The molecule has 0 saturated heterocycles. The van der Waals surface area contributed by atoms with Crippen LogP contribution >= 0.6 is 28.3 Å². The number of aryl methyl sites for hydroxylation is 1. The smallest absolute Gasteiger partial charge is 0.134 e. The van der Waals surface area contributed by atoms with Gasteiger partial charge in [0.15, 0.2) is 0 Å². The van der Waals surface area contributed by atoms with Crippen LogP contribution in [-0.4, -0.2) is 18.5 Å². The summed E-state index contributed by atoms with van der Waals surface area (Å²) in [5.41, 5.74) is 1.18. The minimum atomic E-state index is 0. The molecule has 0 radical (unpaired) electrons. The van der Waals surface area contributed by atoms with E-state index in [9.17, 15) is 0 Å². The Balaban J connectivity index is 0.00000161. The molecular weight excluding hydrogens is 354 g/mol. The van der Waals surface area contributed by atoms with Crippen molar-refractivity contribution < 1.29 is 9.15 Å². The molecule has 3 nitrogen and oxygen atoms in total. The van der Waals surface area contributed by atoms with Crippen LogP contribution in [0, 0.1) is 6.92 Å².